The summed E-state index contributed by atoms with van der Waals surface area (Å²) >= 11 is 15.1. The van der Waals surface area contributed by atoms with E-state index in [1.54, 1.807) is 18.3 Å². The molecule has 0 aliphatic heterocycles. The van der Waals surface area contributed by atoms with Crippen LogP contribution in [0.3, 0.4) is 0 Å². The van der Waals surface area contributed by atoms with Crippen molar-refractivity contribution in [2.24, 2.45) is 0 Å². The second-order valence-corrected chi connectivity index (χ2v) is 5.05. The van der Waals surface area contributed by atoms with Crippen LogP contribution < -0.4 is 4.74 Å². The average Bonchev–Trinajstić information content (AvgIpc) is 2.30. The van der Waals surface area contributed by atoms with Crippen LogP contribution in [-0.2, 0) is 6.61 Å². The standard InChI is InChI=1S/C12H8BrCl2NO/c13-9-2-1-8(11(14)5-9)7-17-10-3-4-12(15)16-6-10/h1-6H,7H2. The summed E-state index contributed by atoms with van der Waals surface area (Å²) in [5.74, 6) is 0.661. The van der Waals surface area contributed by atoms with Crippen molar-refractivity contribution in [1.82, 2.24) is 4.98 Å². The molecule has 1 heterocycles. The maximum absolute atomic E-state index is 6.07. The number of aromatic nitrogens is 1. The lowest BCUT2D eigenvalue weighted by atomic mass is 10.2. The van der Waals surface area contributed by atoms with Crippen molar-refractivity contribution in [2.45, 2.75) is 6.61 Å². The van der Waals surface area contributed by atoms with Gasteiger partial charge >= 0.3 is 0 Å². The van der Waals surface area contributed by atoms with E-state index in [0.717, 1.165) is 10.0 Å². The summed E-state index contributed by atoms with van der Waals surface area (Å²) in [6.45, 7) is 0.398. The topological polar surface area (TPSA) is 22.1 Å². The van der Waals surface area contributed by atoms with E-state index in [9.17, 15) is 0 Å². The fourth-order valence-corrected chi connectivity index (χ4v) is 2.09. The second-order valence-electron chi connectivity index (χ2n) is 3.34. The monoisotopic (exact) mass is 331 g/mol. The number of rotatable bonds is 3. The van der Waals surface area contributed by atoms with Crippen LogP contribution in [0, 0.1) is 0 Å². The Hall–Kier alpha value is -0.770. The van der Waals surface area contributed by atoms with Gasteiger partial charge in [0, 0.05) is 15.1 Å². The number of hydrogen-bond donors (Lipinski definition) is 0. The van der Waals surface area contributed by atoms with Gasteiger partial charge in [0.05, 0.1) is 6.20 Å². The zero-order chi connectivity index (χ0) is 12.3. The second kappa shape index (κ2) is 5.71. The zero-order valence-electron chi connectivity index (χ0n) is 8.66. The highest BCUT2D eigenvalue weighted by Crippen LogP contribution is 2.23. The molecular formula is C12H8BrCl2NO. The fraction of sp³-hybridized carbons (Fsp3) is 0.0833. The summed E-state index contributed by atoms with van der Waals surface area (Å²) in [5.41, 5.74) is 0.921. The van der Waals surface area contributed by atoms with E-state index in [2.05, 4.69) is 20.9 Å². The predicted octanol–water partition coefficient (Wildman–Crippen LogP) is 4.73. The zero-order valence-corrected chi connectivity index (χ0v) is 11.8. The molecule has 17 heavy (non-hydrogen) atoms. The summed E-state index contributed by atoms with van der Waals surface area (Å²) in [7, 11) is 0. The van der Waals surface area contributed by atoms with Crippen LogP contribution in [0.15, 0.2) is 41.0 Å². The molecule has 1 aromatic heterocycles. The highest BCUT2D eigenvalue weighted by atomic mass is 79.9. The maximum Gasteiger partial charge on any atom is 0.138 e. The molecular weight excluding hydrogens is 325 g/mol. The predicted molar refractivity (Wildman–Crippen MR) is 72.7 cm³/mol. The lowest BCUT2D eigenvalue weighted by Gasteiger charge is -2.07. The molecule has 2 rings (SSSR count). The third-order valence-corrected chi connectivity index (χ3v) is 3.18. The Morgan fingerprint density at radius 3 is 2.65 bits per heavy atom. The van der Waals surface area contributed by atoms with Crippen LogP contribution in [0.5, 0.6) is 5.75 Å². The first-order chi connectivity index (χ1) is 8.15. The third kappa shape index (κ3) is 3.60. The maximum atomic E-state index is 6.07. The van der Waals surface area contributed by atoms with Crippen LogP contribution in [0.2, 0.25) is 10.2 Å². The first-order valence-corrected chi connectivity index (χ1v) is 6.38. The smallest absolute Gasteiger partial charge is 0.138 e. The normalized spacial score (nSPS) is 10.3. The molecule has 0 bridgehead atoms. The first-order valence-electron chi connectivity index (χ1n) is 4.83. The summed E-state index contributed by atoms with van der Waals surface area (Å²) in [6, 6.07) is 9.11. The van der Waals surface area contributed by atoms with E-state index in [-0.39, 0.29) is 0 Å². The number of nitrogens with zero attached hydrogens (tertiary/aromatic N) is 1. The molecule has 0 saturated carbocycles. The van der Waals surface area contributed by atoms with Crippen LogP contribution >= 0.6 is 39.1 Å². The number of hydrogen-bond acceptors (Lipinski definition) is 2. The lowest BCUT2D eigenvalue weighted by Crippen LogP contribution is -1.96. The summed E-state index contributed by atoms with van der Waals surface area (Å²) in [5, 5.41) is 1.11. The summed E-state index contributed by atoms with van der Waals surface area (Å²) in [4.78, 5) is 3.93. The van der Waals surface area contributed by atoms with Crippen molar-refractivity contribution in [3.63, 3.8) is 0 Å². The molecule has 1 aromatic carbocycles. The van der Waals surface area contributed by atoms with Gasteiger partial charge in [0.25, 0.3) is 0 Å². The lowest BCUT2D eigenvalue weighted by molar-refractivity contribution is 0.305. The molecule has 0 amide bonds. The summed E-state index contributed by atoms with van der Waals surface area (Å²) in [6.07, 6.45) is 1.58. The molecule has 2 nitrogen and oxygen atoms in total. The Kier molecular flexibility index (Phi) is 4.26. The fourth-order valence-electron chi connectivity index (χ4n) is 1.25. The van der Waals surface area contributed by atoms with Crippen molar-refractivity contribution in [3.05, 3.63) is 56.7 Å². The van der Waals surface area contributed by atoms with Gasteiger partial charge in [-0.2, -0.15) is 0 Å². The van der Waals surface area contributed by atoms with Gasteiger partial charge in [-0.1, -0.05) is 45.2 Å². The van der Waals surface area contributed by atoms with Gasteiger partial charge in [-0.15, -0.1) is 0 Å². The number of pyridine rings is 1. The Bertz CT molecular complexity index is 516. The van der Waals surface area contributed by atoms with Crippen molar-refractivity contribution in [1.29, 1.82) is 0 Å². The Morgan fingerprint density at radius 1 is 1.18 bits per heavy atom. The van der Waals surface area contributed by atoms with Crippen LogP contribution in [0.25, 0.3) is 0 Å². The molecule has 0 atom stereocenters. The Balaban J connectivity index is 2.04. The Morgan fingerprint density at radius 2 is 2.00 bits per heavy atom. The van der Waals surface area contributed by atoms with E-state index in [1.807, 2.05) is 18.2 Å². The molecule has 0 radical (unpaired) electrons. The first kappa shape index (κ1) is 12.7. The van der Waals surface area contributed by atoms with E-state index in [1.165, 1.54) is 0 Å². The molecule has 0 fully saturated rings. The van der Waals surface area contributed by atoms with E-state index in [0.29, 0.717) is 22.5 Å². The molecule has 0 spiro atoms. The third-order valence-electron chi connectivity index (χ3n) is 2.11. The van der Waals surface area contributed by atoms with Gasteiger partial charge in [-0.3, -0.25) is 0 Å². The molecule has 5 heteroatoms. The molecule has 0 saturated heterocycles. The molecule has 0 aliphatic carbocycles. The number of halogens is 3. The van der Waals surface area contributed by atoms with Gasteiger partial charge in [0.2, 0.25) is 0 Å². The average molecular weight is 333 g/mol. The number of benzene rings is 1. The van der Waals surface area contributed by atoms with Gasteiger partial charge < -0.3 is 4.74 Å². The van der Waals surface area contributed by atoms with Gasteiger partial charge in [-0.05, 0) is 24.3 Å². The van der Waals surface area contributed by atoms with Crippen molar-refractivity contribution in [3.8, 4) is 5.75 Å². The minimum absolute atomic E-state index is 0.398. The van der Waals surface area contributed by atoms with E-state index < -0.39 is 0 Å². The molecule has 88 valence electrons. The number of ether oxygens (including phenoxy) is 1. The minimum atomic E-state index is 0.398. The molecule has 0 unspecified atom stereocenters. The van der Waals surface area contributed by atoms with Crippen molar-refractivity contribution in [2.75, 3.05) is 0 Å². The highest BCUT2D eigenvalue weighted by Gasteiger charge is 2.02. The quantitative estimate of drug-likeness (QED) is 0.758. The van der Waals surface area contributed by atoms with E-state index >= 15 is 0 Å². The largest absolute Gasteiger partial charge is 0.487 e. The van der Waals surface area contributed by atoms with Crippen molar-refractivity contribution < 1.29 is 4.74 Å². The van der Waals surface area contributed by atoms with E-state index in [4.69, 9.17) is 27.9 Å². The highest BCUT2D eigenvalue weighted by molar-refractivity contribution is 9.10. The SMILES string of the molecule is Clc1ccc(OCc2ccc(Br)cc2Cl)cn1. The molecule has 2 aromatic rings. The molecule has 0 N–H and O–H groups in total. The van der Waals surface area contributed by atoms with Gasteiger partial charge in [0.15, 0.2) is 0 Å². The van der Waals surface area contributed by atoms with Crippen LogP contribution in [0.1, 0.15) is 5.56 Å². The van der Waals surface area contributed by atoms with Gasteiger partial charge in [0.1, 0.15) is 17.5 Å². The van der Waals surface area contributed by atoms with Crippen LogP contribution in [0.4, 0.5) is 0 Å². The van der Waals surface area contributed by atoms with Crippen LogP contribution in [-0.4, -0.2) is 4.98 Å². The summed E-state index contributed by atoms with van der Waals surface area (Å²) < 4.78 is 6.49. The molecule has 0 aliphatic rings. The Labute approximate surface area is 118 Å². The van der Waals surface area contributed by atoms with Crippen molar-refractivity contribution >= 4 is 39.1 Å². The van der Waals surface area contributed by atoms with Gasteiger partial charge in [-0.25, -0.2) is 4.98 Å². The minimum Gasteiger partial charge on any atom is -0.487 e.